The second-order valence-corrected chi connectivity index (χ2v) is 6.12. The number of carbonyl (C=O) groups is 1. The number of imidazole rings is 1. The Morgan fingerprint density at radius 1 is 1.20 bits per heavy atom. The number of para-hydroxylation sites is 2. The molecule has 1 aromatic carbocycles. The van der Waals surface area contributed by atoms with Gasteiger partial charge in [0, 0.05) is 33.1 Å². The maximum Gasteiger partial charge on any atom is 0.219 e. The van der Waals surface area contributed by atoms with Crippen LogP contribution in [0, 0.1) is 5.82 Å². The third-order valence-corrected chi connectivity index (χ3v) is 4.53. The maximum absolute atomic E-state index is 14.3. The highest BCUT2D eigenvalue weighted by atomic mass is 19.1. The molecule has 0 aliphatic carbocycles. The van der Waals surface area contributed by atoms with Gasteiger partial charge in [0.15, 0.2) is 5.82 Å². The number of benzene rings is 1. The Morgan fingerprint density at radius 3 is 2.68 bits per heavy atom. The van der Waals surface area contributed by atoms with E-state index in [4.69, 9.17) is 0 Å². The molecule has 1 saturated heterocycles. The van der Waals surface area contributed by atoms with E-state index in [0.717, 1.165) is 11.0 Å². The number of carbonyl (C=O) groups excluding carboxylic acids is 1. The maximum atomic E-state index is 14.3. The number of H-pyrrole nitrogens is 1. The zero-order valence-electron chi connectivity index (χ0n) is 13.9. The highest BCUT2D eigenvalue weighted by Gasteiger charge is 2.21. The largest absolute Gasteiger partial charge is 0.353 e. The molecular formula is C18H18FN5O. The van der Waals surface area contributed by atoms with E-state index in [1.807, 2.05) is 24.3 Å². The lowest BCUT2D eigenvalue weighted by atomic mass is 10.2. The Morgan fingerprint density at radius 2 is 1.96 bits per heavy atom. The summed E-state index contributed by atoms with van der Waals surface area (Å²) in [7, 11) is 0. The molecule has 1 aliphatic heterocycles. The van der Waals surface area contributed by atoms with Gasteiger partial charge in [0.2, 0.25) is 5.91 Å². The van der Waals surface area contributed by atoms with Crippen LogP contribution < -0.4 is 4.90 Å². The molecular weight excluding hydrogens is 321 g/mol. The van der Waals surface area contributed by atoms with Gasteiger partial charge in [-0.25, -0.2) is 14.4 Å². The van der Waals surface area contributed by atoms with Crippen LogP contribution in [0.1, 0.15) is 6.92 Å². The Labute approximate surface area is 144 Å². The van der Waals surface area contributed by atoms with Crippen molar-refractivity contribution in [3.63, 3.8) is 0 Å². The highest BCUT2D eigenvalue weighted by molar-refractivity contribution is 5.79. The molecule has 1 aliphatic rings. The lowest BCUT2D eigenvalue weighted by Crippen LogP contribution is -2.48. The quantitative estimate of drug-likeness (QED) is 0.779. The number of rotatable bonds is 2. The van der Waals surface area contributed by atoms with Gasteiger partial charge in [0.25, 0.3) is 0 Å². The van der Waals surface area contributed by atoms with Gasteiger partial charge in [-0.05, 0) is 18.2 Å². The first-order valence-corrected chi connectivity index (χ1v) is 8.23. The minimum Gasteiger partial charge on any atom is -0.353 e. The third-order valence-electron chi connectivity index (χ3n) is 4.53. The van der Waals surface area contributed by atoms with Crippen molar-refractivity contribution in [3.05, 3.63) is 42.3 Å². The Kier molecular flexibility index (Phi) is 3.83. The molecule has 128 valence electrons. The van der Waals surface area contributed by atoms with Crippen LogP contribution in [0.15, 0.2) is 36.5 Å². The molecule has 1 amide bonds. The Balaban J connectivity index is 1.64. The number of halogens is 1. The van der Waals surface area contributed by atoms with Gasteiger partial charge >= 0.3 is 0 Å². The lowest BCUT2D eigenvalue weighted by Gasteiger charge is -2.35. The van der Waals surface area contributed by atoms with Gasteiger partial charge in [0.1, 0.15) is 11.6 Å². The van der Waals surface area contributed by atoms with Crippen molar-refractivity contribution in [2.75, 3.05) is 31.1 Å². The fourth-order valence-electron chi connectivity index (χ4n) is 3.11. The van der Waals surface area contributed by atoms with Crippen molar-refractivity contribution in [1.29, 1.82) is 0 Å². The molecule has 3 heterocycles. The Hall–Kier alpha value is -2.96. The van der Waals surface area contributed by atoms with E-state index in [0.29, 0.717) is 43.4 Å². The van der Waals surface area contributed by atoms with Gasteiger partial charge in [-0.2, -0.15) is 0 Å². The average molecular weight is 339 g/mol. The van der Waals surface area contributed by atoms with Crippen LogP contribution in [0.2, 0.25) is 0 Å². The fraction of sp³-hybridized carbons (Fsp3) is 0.278. The monoisotopic (exact) mass is 339 g/mol. The molecule has 3 aromatic rings. The predicted molar refractivity (Wildman–Crippen MR) is 93.7 cm³/mol. The van der Waals surface area contributed by atoms with Crippen molar-refractivity contribution in [1.82, 2.24) is 19.9 Å². The predicted octanol–water partition coefficient (Wildman–Crippen LogP) is 2.43. The zero-order valence-corrected chi connectivity index (χ0v) is 13.9. The van der Waals surface area contributed by atoms with E-state index in [1.54, 1.807) is 17.9 Å². The smallest absolute Gasteiger partial charge is 0.219 e. The zero-order chi connectivity index (χ0) is 17.4. The van der Waals surface area contributed by atoms with Crippen LogP contribution in [0.4, 0.5) is 10.2 Å². The molecule has 0 spiro atoms. The number of amides is 1. The summed E-state index contributed by atoms with van der Waals surface area (Å²) < 4.78 is 14.3. The lowest BCUT2D eigenvalue weighted by molar-refractivity contribution is -0.129. The first-order valence-electron chi connectivity index (χ1n) is 8.23. The number of hydrogen-bond donors (Lipinski definition) is 1. The van der Waals surface area contributed by atoms with E-state index in [9.17, 15) is 9.18 Å². The number of fused-ring (bicyclic) bond motifs is 1. The molecule has 0 atom stereocenters. The van der Waals surface area contributed by atoms with Gasteiger partial charge in [0.05, 0.1) is 22.8 Å². The van der Waals surface area contributed by atoms with Crippen molar-refractivity contribution < 1.29 is 9.18 Å². The molecule has 2 aromatic heterocycles. The summed E-state index contributed by atoms with van der Waals surface area (Å²) in [5, 5.41) is 0. The number of pyridine rings is 1. The molecule has 0 saturated carbocycles. The van der Waals surface area contributed by atoms with Crippen LogP contribution in [0.25, 0.3) is 22.4 Å². The summed E-state index contributed by atoms with van der Waals surface area (Å²) in [4.78, 5) is 27.1. The van der Waals surface area contributed by atoms with Crippen LogP contribution in [0.5, 0.6) is 0 Å². The van der Waals surface area contributed by atoms with Crippen molar-refractivity contribution in [3.8, 4) is 11.4 Å². The molecule has 0 radical (unpaired) electrons. The van der Waals surface area contributed by atoms with Crippen molar-refractivity contribution in [2.45, 2.75) is 6.92 Å². The third kappa shape index (κ3) is 2.93. The topological polar surface area (TPSA) is 65.1 Å². The van der Waals surface area contributed by atoms with Crippen LogP contribution in [-0.4, -0.2) is 51.9 Å². The fourth-order valence-corrected chi connectivity index (χ4v) is 3.11. The molecule has 1 fully saturated rings. The summed E-state index contributed by atoms with van der Waals surface area (Å²) in [5.41, 5.74) is 2.06. The molecule has 1 N–H and O–H groups in total. The number of aromatic amines is 1. The summed E-state index contributed by atoms with van der Waals surface area (Å²) >= 11 is 0. The van der Waals surface area contributed by atoms with E-state index in [-0.39, 0.29) is 5.91 Å². The number of aromatic nitrogens is 3. The number of anilines is 1. The SMILES string of the molecule is CC(=O)N1CCN(c2cc(-c3nc4ccccc4[nH]3)c(F)cn2)CC1. The first kappa shape index (κ1) is 15.6. The highest BCUT2D eigenvalue weighted by Crippen LogP contribution is 2.26. The van der Waals surface area contributed by atoms with Crippen LogP contribution >= 0.6 is 0 Å². The van der Waals surface area contributed by atoms with Crippen LogP contribution in [-0.2, 0) is 4.79 Å². The second-order valence-electron chi connectivity index (χ2n) is 6.12. The van der Waals surface area contributed by atoms with Gasteiger partial charge < -0.3 is 14.8 Å². The minimum atomic E-state index is -0.412. The summed E-state index contributed by atoms with van der Waals surface area (Å²) in [6.07, 6.45) is 1.23. The van der Waals surface area contributed by atoms with E-state index >= 15 is 0 Å². The number of nitrogens with zero attached hydrogens (tertiary/aromatic N) is 4. The summed E-state index contributed by atoms with van der Waals surface area (Å²) in [5.74, 6) is 0.852. The molecule has 0 unspecified atom stereocenters. The molecule has 6 nitrogen and oxygen atoms in total. The molecule has 7 heteroatoms. The van der Waals surface area contributed by atoms with Crippen molar-refractivity contribution in [2.24, 2.45) is 0 Å². The summed E-state index contributed by atoms with van der Waals surface area (Å²) in [6, 6.07) is 9.32. The average Bonchev–Trinajstić information content (AvgIpc) is 3.06. The van der Waals surface area contributed by atoms with Gasteiger partial charge in [-0.15, -0.1) is 0 Å². The molecule has 0 bridgehead atoms. The van der Waals surface area contributed by atoms with E-state index in [2.05, 4.69) is 19.9 Å². The number of hydrogen-bond acceptors (Lipinski definition) is 4. The van der Waals surface area contributed by atoms with Gasteiger partial charge in [-0.1, -0.05) is 12.1 Å². The number of nitrogens with one attached hydrogen (secondary N) is 1. The van der Waals surface area contributed by atoms with Gasteiger partial charge in [-0.3, -0.25) is 4.79 Å². The minimum absolute atomic E-state index is 0.0784. The first-order chi connectivity index (χ1) is 12.1. The molecule has 25 heavy (non-hydrogen) atoms. The van der Waals surface area contributed by atoms with E-state index in [1.165, 1.54) is 6.20 Å². The second kappa shape index (κ2) is 6.16. The van der Waals surface area contributed by atoms with Crippen LogP contribution in [0.3, 0.4) is 0 Å². The summed E-state index contributed by atoms with van der Waals surface area (Å²) in [6.45, 7) is 4.23. The molecule has 4 rings (SSSR count). The van der Waals surface area contributed by atoms with E-state index < -0.39 is 5.82 Å². The normalized spacial score (nSPS) is 15.0. The Bertz CT molecular complexity index is 897. The number of piperazine rings is 1. The standard InChI is InChI=1S/C18H18FN5O/c1-12(25)23-6-8-24(9-7-23)17-10-13(14(19)11-20-17)18-21-15-4-2-3-5-16(15)22-18/h2-5,10-11H,6-9H2,1H3,(H,21,22). The van der Waals surface area contributed by atoms with Crippen molar-refractivity contribution >= 4 is 22.8 Å².